The number of nitrogen functional groups attached to an aromatic ring is 1. The van der Waals surface area contributed by atoms with Gasteiger partial charge in [-0.2, -0.15) is 17.6 Å². The SMILES string of the molecule is CCOc1cc(N)ccc1OC(F)F.CCOc1cc2nc(N3CCC(Cc4ccccc4)(C(=O)NCc4ccccc4)CC3)[nH]c(=O)c2cc1OC(F)F. The molecule has 0 saturated carbocycles. The molecule has 1 aliphatic rings. The molecule has 11 nitrogen and oxygen atoms in total. The van der Waals surface area contributed by atoms with E-state index in [1.54, 1.807) is 13.8 Å². The van der Waals surface area contributed by atoms with Crippen LogP contribution in [-0.2, 0) is 17.8 Å². The van der Waals surface area contributed by atoms with Crippen LogP contribution in [0.4, 0.5) is 29.2 Å². The van der Waals surface area contributed by atoms with Gasteiger partial charge in [-0.25, -0.2) is 4.98 Å². The molecule has 0 atom stereocenters. The van der Waals surface area contributed by atoms with Crippen LogP contribution in [0, 0.1) is 5.41 Å². The molecule has 1 aromatic heterocycles. The molecule has 0 bridgehead atoms. The number of fused-ring (bicyclic) bond motifs is 1. The highest BCUT2D eigenvalue weighted by molar-refractivity contribution is 5.84. The molecule has 5 aromatic rings. The highest BCUT2D eigenvalue weighted by Gasteiger charge is 2.42. The monoisotopic (exact) mass is 765 g/mol. The van der Waals surface area contributed by atoms with Crippen molar-refractivity contribution < 1.29 is 41.3 Å². The standard InChI is InChI=1S/C31H32F2N4O4.C9H11F2NO2/c1-2-40-25-18-24-23(17-26(25)41-29(32)33)27(38)36-30(35-24)37-15-13-31(14-16-37,19-21-9-5-3-6-10-21)28(39)34-20-22-11-7-4-8-12-22;1-2-13-8-5-6(12)3-4-7(8)14-9(10)11/h3-12,17-18,29H,2,13-16,19-20H2,1H3,(H,34,39)(H,35,36,38);3-5,9H,2,12H2,1H3. The molecular formula is C40H43F4N5O6. The van der Waals surface area contributed by atoms with Crippen LogP contribution >= 0.6 is 0 Å². The lowest BCUT2D eigenvalue weighted by atomic mass is 9.73. The van der Waals surface area contributed by atoms with E-state index in [9.17, 15) is 27.2 Å². The molecular weight excluding hydrogens is 722 g/mol. The number of piperidine rings is 1. The first-order chi connectivity index (χ1) is 26.5. The Morgan fingerprint density at radius 3 is 2.00 bits per heavy atom. The van der Waals surface area contributed by atoms with Crippen molar-refractivity contribution in [2.75, 3.05) is 36.9 Å². The van der Waals surface area contributed by atoms with Gasteiger partial charge in [-0.05, 0) is 62.4 Å². The molecule has 4 aromatic carbocycles. The van der Waals surface area contributed by atoms with Gasteiger partial charge in [0, 0.05) is 37.5 Å². The van der Waals surface area contributed by atoms with E-state index in [4.69, 9.17) is 15.2 Å². The number of hydrogen-bond donors (Lipinski definition) is 3. The van der Waals surface area contributed by atoms with Crippen molar-refractivity contribution in [3.63, 3.8) is 0 Å². The quantitative estimate of drug-likeness (QED) is 0.0783. The van der Waals surface area contributed by atoms with E-state index in [2.05, 4.69) is 24.8 Å². The predicted octanol–water partition coefficient (Wildman–Crippen LogP) is 7.34. The van der Waals surface area contributed by atoms with Crippen molar-refractivity contribution in [1.82, 2.24) is 15.3 Å². The number of aromatic nitrogens is 2. The third-order valence-corrected chi connectivity index (χ3v) is 8.94. The van der Waals surface area contributed by atoms with Gasteiger partial charge in [0.1, 0.15) is 0 Å². The number of alkyl halides is 4. The van der Waals surface area contributed by atoms with E-state index >= 15 is 0 Å². The van der Waals surface area contributed by atoms with E-state index in [1.165, 1.54) is 30.3 Å². The lowest BCUT2D eigenvalue weighted by Crippen LogP contribution is -2.50. The summed E-state index contributed by atoms with van der Waals surface area (Å²) in [6, 6.07) is 26.7. The fourth-order valence-corrected chi connectivity index (χ4v) is 6.31. The van der Waals surface area contributed by atoms with Crippen LogP contribution in [0.1, 0.15) is 37.8 Å². The number of H-pyrrole nitrogens is 1. The summed E-state index contributed by atoms with van der Waals surface area (Å²) in [7, 11) is 0. The van der Waals surface area contributed by atoms with Crippen LogP contribution in [0.2, 0.25) is 0 Å². The van der Waals surface area contributed by atoms with Crippen LogP contribution in [0.15, 0.2) is 95.8 Å². The maximum absolute atomic E-state index is 13.7. The second kappa shape index (κ2) is 18.9. The number of rotatable bonds is 14. The van der Waals surface area contributed by atoms with Gasteiger partial charge in [-0.15, -0.1) is 0 Å². The van der Waals surface area contributed by atoms with Gasteiger partial charge >= 0.3 is 13.2 Å². The third kappa shape index (κ3) is 10.8. The highest BCUT2D eigenvalue weighted by Crippen LogP contribution is 2.38. The minimum absolute atomic E-state index is 0.00210. The van der Waals surface area contributed by atoms with Gasteiger partial charge in [0.25, 0.3) is 5.56 Å². The summed E-state index contributed by atoms with van der Waals surface area (Å²) in [5.41, 5.74) is 7.21. The molecule has 0 aliphatic carbocycles. The lowest BCUT2D eigenvalue weighted by molar-refractivity contribution is -0.132. The summed E-state index contributed by atoms with van der Waals surface area (Å²) in [6.07, 6.45) is 1.69. The Hall–Kier alpha value is -5.99. The number of carbonyl (C=O) groups excluding carboxylic acids is 1. The first kappa shape index (κ1) is 40.2. The number of nitrogens with one attached hydrogen (secondary N) is 2. The average molecular weight is 766 g/mol. The Kier molecular flexibility index (Phi) is 13.8. The number of nitrogens with two attached hydrogens (primary N) is 1. The van der Waals surface area contributed by atoms with Crippen molar-refractivity contribution >= 4 is 28.4 Å². The topological polar surface area (TPSA) is 141 Å². The molecule has 4 N–H and O–H groups in total. The number of anilines is 2. The van der Waals surface area contributed by atoms with Gasteiger partial charge in [0.2, 0.25) is 11.9 Å². The number of nitrogens with zero attached hydrogens (tertiary/aromatic N) is 2. The zero-order valence-corrected chi connectivity index (χ0v) is 30.4. The van der Waals surface area contributed by atoms with Gasteiger partial charge in [-0.1, -0.05) is 60.7 Å². The third-order valence-electron chi connectivity index (χ3n) is 8.94. The van der Waals surface area contributed by atoms with Crippen molar-refractivity contribution in [2.24, 2.45) is 5.41 Å². The number of ether oxygens (including phenoxy) is 4. The van der Waals surface area contributed by atoms with Gasteiger partial charge < -0.3 is 34.9 Å². The maximum Gasteiger partial charge on any atom is 0.387 e. The maximum atomic E-state index is 13.7. The fourth-order valence-electron chi connectivity index (χ4n) is 6.31. The van der Waals surface area contributed by atoms with Crippen LogP contribution in [0.3, 0.4) is 0 Å². The molecule has 292 valence electrons. The van der Waals surface area contributed by atoms with Crippen LogP contribution in [0.25, 0.3) is 10.9 Å². The summed E-state index contributed by atoms with van der Waals surface area (Å²) in [4.78, 5) is 36.0. The van der Waals surface area contributed by atoms with Crippen molar-refractivity contribution in [2.45, 2.75) is 52.9 Å². The highest BCUT2D eigenvalue weighted by atomic mass is 19.3. The molecule has 0 unspecified atom stereocenters. The van der Waals surface area contributed by atoms with Crippen molar-refractivity contribution in [3.05, 3.63) is 112 Å². The number of carbonyl (C=O) groups is 1. The summed E-state index contributed by atoms with van der Waals surface area (Å²) >= 11 is 0. The zero-order chi connectivity index (χ0) is 39.4. The fraction of sp³-hybridized carbons (Fsp3) is 0.325. The summed E-state index contributed by atoms with van der Waals surface area (Å²) in [5.74, 6) is 0.437. The van der Waals surface area contributed by atoms with Gasteiger partial charge in [-0.3, -0.25) is 14.6 Å². The number of benzene rings is 4. The Balaban J connectivity index is 0.000000350. The minimum Gasteiger partial charge on any atom is -0.490 e. The Bertz CT molecular complexity index is 2060. The molecule has 15 heteroatoms. The molecule has 6 rings (SSSR count). The first-order valence-electron chi connectivity index (χ1n) is 17.7. The minimum atomic E-state index is -3.06. The summed E-state index contributed by atoms with van der Waals surface area (Å²) in [6.45, 7) is -0.445. The second-order valence-electron chi connectivity index (χ2n) is 12.6. The van der Waals surface area contributed by atoms with Crippen LogP contribution < -0.4 is 40.5 Å². The molecule has 1 amide bonds. The van der Waals surface area contributed by atoms with Gasteiger partial charge in [0.05, 0.1) is 29.5 Å². The molecule has 1 fully saturated rings. The van der Waals surface area contributed by atoms with E-state index in [0.717, 1.165) is 11.1 Å². The number of aromatic amines is 1. The van der Waals surface area contributed by atoms with E-state index in [0.29, 0.717) is 62.7 Å². The molecule has 1 saturated heterocycles. The van der Waals surface area contributed by atoms with E-state index in [-0.39, 0.29) is 40.9 Å². The van der Waals surface area contributed by atoms with E-state index < -0.39 is 24.2 Å². The molecule has 0 radical (unpaired) electrons. The molecule has 0 spiro atoms. The van der Waals surface area contributed by atoms with Crippen LogP contribution in [0.5, 0.6) is 23.0 Å². The first-order valence-corrected chi connectivity index (χ1v) is 17.7. The second-order valence-corrected chi connectivity index (χ2v) is 12.6. The Morgan fingerprint density at radius 1 is 0.818 bits per heavy atom. The smallest absolute Gasteiger partial charge is 0.387 e. The van der Waals surface area contributed by atoms with Crippen molar-refractivity contribution in [3.8, 4) is 23.0 Å². The summed E-state index contributed by atoms with van der Waals surface area (Å²) < 4.78 is 69.1. The lowest BCUT2D eigenvalue weighted by Gasteiger charge is -2.41. The number of hydrogen-bond acceptors (Lipinski definition) is 9. The number of halogens is 4. The van der Waals surface area contributed by atoms with Gasteiger partial charge in [0.15, 0.2) is 23.0 Å². The van der Waals surface area contributed by atoms with Crippen molar-refractivity contribution in [1.29, 1.82) is 0 Å². The normalized spacial score (nSPS) is 13.6. The predicted molar refractivity (Wildman–Crippen MR) is 201 cm³/mol. The number of amides is 1. The van der Waals surface area contributed by atoms with E-state index in [1.807, 2.05) is 65.6 Å². The summed E-state index contributed by atoms with van der Waals surface area (Å²) in [5, 5.41) is 3.26. The average Bonchev–Trinajstić information content (AvgIpc) is 3.16. The van der Waals surface area contributed by atoms with Crippen LogP contribution in [-0.4, -0.2) is 55.4 Å². The largest absolute Gasteiger partial charge is 0.490 e. The molecule has 1 aliphatic heterocycles. The zero-order valence-electron chi connectivity index (χ0n) is 30.4. The Morgan fingerprint density at radius 2 is 1.40 bits per heavy atom. The molecule has 2 heterocycles. The Labute approximate surface area is 315 Å². The molecule has 55 heavy (non-hydrogen) atoms.